The van der Waals surface area contributed by atoms with Crippen molar-refractivity contribution in [1.29, 1.82) is 0 Å². The van der Waals surface area contributed by atoms with Gasteiger partial charge in [0.1, 0.15) is 0 Å². The number of benzene rings is 1. The van der Waals surface area contributed by atoms with E-state index >= 15 is 0 Å². The van der Waals surface area contributed by atoms with Gasteiger partial charge in [-0.2, -0.15) is 0 Å². The van der Waals surface area contributed by atoms with Gasteiger partial charge >= 0.3 is 0 Å². The molecule has 0 aliphatic carbocycles. The van der Waals surface area contributed by atoms with E-state index in [0.717, 1.165) is 19.6 Å². The van der Waals surface area contributed by atoms with Gasteiger partial charge in [0.25, 0.3) is 0 Å². The first kappa shape index (κ1) is 18.1. The van der Waals surface area contributed by atoms with Crippen molar-refractivity contribution in [1.82, 2.24) is 5.32 Å². The third-order valence-electron chi connectivity index (χ3n) is 3.62. The van der Waals surface area contributed by atoms with Crippen LogP contribution in [0.2, 0.25) is 0 Å². The largest absolute Gasteiger partial charge is 0.382 e. The van der Waals surface area contributed by atoms with E-state index in [4.69, 9.17) is 9.47 Å². The van der Waals surface area contributed by atoms with E-state index in [2.05, 4.69) is 57.3 Å². The molecule has 0 spiro atoms. The summed E-state index contributed by atoms with van der Waals surface area (Å²) in [6.45, 7) is 12.0. The Morgan fingerprint density at radius 3 is 2.29 bits per heavy atom. The quantitative estimate of drug-likeness (QED) is 0.704. The number of hydrogen-bond donors (Lipinski definition) is 1. The zero-order valence-corrected chi connectivity index (χ0v) is 14.2. The van der Waals surface area contributed by atoms with Crippen LogP contribution in [0.3, 0.4) is 0 Å². The fourth-order valence-corrected chi connectivity index (χ4v) is 2.13. The van der Waals surface area contributed by atoms with Crippen molar-refractivity contribution in [3.05, 3.63) is 35.4 Å². The second kappa shape index (κ2) is 9.19. The van der Waals surface area contributed by atoms with Crippen molar-refractivity contribution >= 4 is 0 Å². The van der Waals surface area contributed by atoms with E-state index in [1.807, 2.05) is 0 Å². The van der Waals surface area contributed by atoms with E-state index in [1.165, 1.54) is 11.1 Å². The molecule has 0 aliphatic heterocycles. The molecule has 3 heteroatoms. The molecule has 0 saturated heterocycles. The van der Waals surface area contributed by atoms with E-state index in [9.17, 15) is 0 Å². The van der Waals surface area contributed by atoms with Crippen molar-refractivity contribution in [3.63, 3.8) is 0 Å². The average molecular weight is 293 g/mol. The van der Waals surface area contributed by atoms with Crippen LogP contribution in [0, 0.1) is 0 Å². The van der Waals surface area contributed by atoms with Crippen molar-refractivity contribution in [2.45, 2.75) is 45.6 Å². The Morgan fingerprint density at radius 1 is 1.05 bits per heavy atom. The minimum absolute atomic E-state index is 0.217. The number of ether oxygens (including phenoxy) is 2. The molecule has 120 valence electrons. The summed E-state index contributed by atoms with van der Waals surface area (Å²) in [6.07, 6.45) is 1.02. The highest BCUT2D eigenvalue weighted by Gasteiger charge is 2.13. The lowest BCUT2D eigenvalue weighted by Crippen LogP contribution is -2.21. The molecule has 0 aromatic heterocycles. The zero-order valence-electron chi connectivity index (χ0n) is 14.2. The minimum atomic E-state index is 0.217. The predicted molar refractivity (Wildman–Crippen MR) is 88.9 cm³/mol. The summed E-state index contributed by atoms with van der Waals surface area (Å²) in [6, 6.07) is 9.31. The maximum atomic E-state index is 5.45. The van der Waals surface area contributed by atoms with Gasteiger partial charge in [0.15, 0.2) is 0 Å². The Bertz CT molecular complexity index is 381. The smallest absolute Gasteiger partial charge is 0.0700 e. The van der Waals surface area contributed by atoms with Crippen LogP contribution < -0.4 is 5.32 Å². The average Bonchev–Trinajstić information content (AvgIpc) is 2.45. The standard InChI is InChI=1S/C18H31NO2/c1-15(19-11-6-12-21-14-13-20-5)16-7-9-17(10-8-16)18(2,3)4/h7-10,15,19H,6,11-14H2,1-5H3. The van der Waals surface area contributed by atoms with Gasteiger partial charge in [-0.3, -0.25) is 0 Å². The Kier molecular flexibility index (Phi) is 7.94. The van der Waals surface area contributed by atoms with Gasteiger partial charge < -0.3 is 14.8 Å². The summed E-state index contributed by atoms with van der Waals surface area (Å²) in [4.78, 5) is 0. The number of rotatable bonds is 9. The Morgan fingerprint density at radius 2 is 1.71 bits per heavy atom. The van der Waals surface area contributed by atoms with Crippen LogP contribution >= 0.6 is 0 Å². The normalized spacial score (nSPS) is 13.4. The Balaban J connectivity index is 2.27. The predicted octanol–water partition coefficient (Wildman–Crippen LogP) is 3.69. The van der Waals surface area contributed by atoms with Gasteiger partial charge in [-0.15, -0.1) is 0 Å². The first-order valence-corrected chi connectivity index (χ1v) is 7.85. The van der Waals surface area contributed by atoms with Gasteiger partial charge in [-0.25, -0.2) is 0 Å². The molecule has 0 aliphatic rings. The van der Waals surface area contributed by atoms with Crippen molar-refractivity contribution in [3.8, 4) is 0 Å². The fraction of sp³-hybridized carbons (Fsp3) is 0.667. The summed E-state index contributed by atoms with van der Waals surface area (Å²) in [5, 5.41) is 3.54. The lowest BCUT2D eigenvalue weighted by atomic mass is 9.86. The van der Waals surface area contributed by atoms with Crippen molar-refractivity contribution < 1.29 is 9.47 Å². The zero-order chi connectivity index (χ0) is 15.7. The molecule has 0 saturated carbocycles. The second-order valence-electron chi connectivity index (χ2n) is 6.51. The first-order valence-electron chi connectivity index (χ1n) is 7.85. The van der Waals surface area contributed by atoms with Gasteiger partial charge in [-0.1, -0.05) is 45.0 Å². The van der Waals surface area contributed by atoms with Crippen molar-refractivity contribution in [2.75, 3.05) is 33.5 Å². The Hall–Kier alpha value is -0.900. The van der Waals surface area contributed by atoms with Crippen LogP contribution in [0.4, 0.5) is 0 Å². The molecular weight excluding hydrogens is 262 g/mol. The third-order valence-corrected chi connectivity index (χ3v) is 3.62. The van der Waals surface area contributed by atoms with E-state index < -0.39 is 0 Å². The molecule has 0 radical (unpaired) electrons. The SMILES string of the molecule is COCCOCCCNC(C)c1ccc(C(C)(C)C)cc1. The number of nitrogens with one attached hydrogen (secondary N) is 1. The monoisotopic (exact) mass is 293 g/mol. The third kappa shape index (κ3) is 7.07. The Labute approximate surface area is 130 Å². The minimum Gasteiger partial charge on any atom is -0.382 e. The molecule has 0 fully saturated rings. The summed E-state index contributed by atoms with van der Waals surface area (Å²) in [5.41, 5.74) is 2.93. The molecule has 1 aromatic carbocycles. The summed E-state index contributed by atoms with van der Waals surface area (Å²) < 4.78 is 10.4. The molecule has 3 nitrogen and oxygen atoms in total. The highest BCUT2D eigenvalue weighted by molar-refractivity contribution is 5.28. The van der Waals surface area contributed by atoms with Gasteiger partial charge in [0.2, 0.25) is 0 Å². The molecule has 21 heavy (non-hydrogen) atoms. The van der Waals surface area contributed by atoms with Crippen LogP contribution in [0.5, 0.6) is 0 Å². The topological polar surface area (TPSA) is 30.5 Å². The molecule has 0 bridgehead atoms. The molecule has 1 atom stereocenters. The molecule has 1 N–H and O–H groups in total. The maximum Gasteiger partial charge on any atom is 0.0700 e. The second-order valence-corrected chi connectivity index (χ2v) is 6.51. The van der Waals surface area contributed by atoms with E-state index in [-0.39, 0.29) is 5.41 Å². The highest BCUT2D eigenvalue weighted by atomic mass is 16.5. The fourth-order valence-electron chi connectivity index (χ4n) is 2.13. The molecule has 0 heterocycles. The molecule has 1 rings (SSSR count). The first-order chi connectivity index (χ1) is 9.95. The highest BCUT2D eigenvalue weighted by Crippen LogP contribution is 2.23. The lowest BCUT2D eigenvalue weighted by Gasteiger charge is -2.20. The molecule has 1 unspecified atom stereocenters. The van der Waals surface area contributed by atoms with Gasteiger partial charge in [0.05, 0.1) is 13.2 Å². The lowest BCUT2D eigenvalue weighted by molar-refractivity contribution is 0.0693. The van der Waals surface area contributed by atoms with Crippen LogP contribution in [-0.2, 0) is 14.9 Å². The molecule has 1 aromatic rings. The number of hydrogen-bond acceptors (Lipinski definition) is 3. The van der Waals surface area contributed by atoms with Gasteiger partial charge in [-0.05, 0) is 36.4 Å². The van der Waals surface area contributed by atoms with Crippen LogP contribution in [-0.4, -0.2) is 33.5 Å². The van der Waals surface area contributed by atoms with Gasteiger partial charge in [0, 0.05) is 19.8 Å². The summed E-state index contributed by atoms with van der Waals surface area (Å²) in [5.74, 6) is 0. The molecule has 0 amide bonds. The number of methoxy groups -OCH3 is 1. The summed E-state index contributed by atoms with van der Waals surface area (Å²) >= 11 is 0. The molecular formula is C18H31NO2. The van der Waals surface area contributed by atoms with Crippen LogP contribution in [0.25, 0.3) is 0 Å². The van der Waals surface area contributed by atoms with E-state index in [1.54, 1.807) is 7.11 Å². The van der Waals surface area contributed by atoms with Crippen molar-refractivity contribution in [2.24, 2.45) is 0 Å². The maximum absolute atomic E-state index is 5.45. The van der Waals surface area contributed by atoms with Crippen LogP contribution in [0.1, 0.15) is 51.3 Å². The van der Waals surface area contributed by atoms with Crippen LogP contribution in [0.15, 0.2) is 24.3 Å². The summed E-state index contributed by atoms with van der Waals surface area (Å²) in [7, 11) is 1.69. The van der Waals surface area contributed by atoms with E-state index in [0.29, 0.717) is 19.3 Å².